The maximum Gasteiger partial charge on any atom is 0.224 e. The lowest BCUT2D eigenvalue weighted by atomic mass is 10.1. The molecule has 0 saturated carbocycles. The number of rotatable bonds is 5. The maximum absolute atomic E-state index is 12.7. The minimum atomic E-state index is 0.290. The van der Waals surface area contributed by atoms with Crippen LogP contribution in [-0.2, 0) is 16.1 Å². The molecule has 6 nitrogen and oxygen atoms in total. The maximum atomic E-state index is 12.7. The van der Waals surface area contributed by atoms with Crippen LogP contribution in [0.1, 0.15) is 25.5 Å². The minimum Gasteiger partial charge on any atom is -0.379 e. The number of nitrogens with zero attached hydrogens (tertiary/aromatic N) is 4. The Labute approximate surface area is 150 Å². The molecule has 138 valence electrons. The second-order valence-electron chi connectivity index (χ2n) is 7.03. The Morgan fingerprint density at radius 3 is 2.76 bits per heavy atom. The molecule has 6 heteroatoms. The second-order valence-corrected chi connectivity index (χ2v) is 7.03. The molecular formula is C19H30N4O2. The Hall–Kier alpha value is -1.50. The number of carbonyl (C=O) groups is 1. The van der Waals surface area contributed by atoms with Crippen molar-refractivity contribution in [1.82, 2.24) is 19.7 Å². The van der Waals surface area contributed by atoms with Crippen molar-refractivity contribution in [2.24, 2.45) is 0 Å². The molecule has 3 rings (SSSR count). The van der Waals surface area contributed by atoms with E-state index in [2.05, 4.69) is 32.7 Å². The summed E-state index contributed by atoms with van der Waals surface area (Å²) in [6.45, 7) is 10.1. The number of pyridine rings is 1. The van der Waals surface area contributed by atoms with Gasteiger partial charge in [0.15, 0.2) is 0 Å². The smallest absolute Gasteiger partial charge is 0.224 e. The van der Waals surface area contributed by atoms with Crippen molar-refractivity contribution < 1.29 is 9.53 Å². The van der Waals surface area contributed by atoms with E-state index in [-0.39, 0.29) is 0 Å². The third-order valence-electron chi connectivity index (χ3n) is 5.19. The minimum absolute atomic E-state index is 0.290. The van der Waals surface area contributed by atoms with Gasteiger partial charge in [0.25, 0.3) is 0 Å². The quantitative estimate of drug-likeness (QED) is 0.803. The van der Waals surface area contributed by atoms with Crippen molar-refractivity contribution in [2.45, 2.75) is 32.4 Å². The van der Waals surface area contributed by atoms with Gasteiger partial charge >= 0.3 is 0 Å². The Kier molecular flexibility index (Phi) is 6.78. The fraction of sp³-hybridized carbons (Fsp3) is 0.684. The molecule has 2 saturated heterocycles. The summed E-state index contributed by atoms with van der Waals surface area (Å²) in [7, 11) is 0. The Balaban J connectivity index is 1.46. The summed E-state index contributed by atoms with van der Waals surface area (Å²) in [6.07, 6.45) is 3.49. The summed E-state index contributed by atoms with van der Waals surface area (Å²) in [5, 5.41) is 0. The Morgan fingerprint density at radius 1 is 1.16 bits per heavy atom. The van der Waals surface area contributed by atoms with Crippen molar-refractivity contribution in [2.75, 3.05) is 52.5 Å². The van der Waals surface area contributed by atoms with Crippen LogP contribution in [-0.4, -0.2) is 84.1 Å². The molecule has 25 heavy (non-hydrogen) atoms. The number of aromatic nitrogens is 1. The monoisotopic (exact) mass is 346 g/mol. The summed E-state index contributed by atoms with van der Waals surface area (Å²) in [4.78, 5) is 23.9. The first-order valence-corrected chi connectivity index (χ1v) is 9.44. The van der Waals surface area contributed by atoms with Crippen LogP contribution in [0.4, 0.5) is 0 Å². The van der Waals surface area contributed by atoms with Crippen molar-refractivity contribution in [3.63, 3.8) is 0 Å². The highest BCUT2D eigenvalue weighted by molar-refractivity contribution is 5.76. The number of hydrogen-bond donors (Lipinski definition) is 0. The average Bonchev–Trinajstić information content (AvgIpc) is 2.89. The van der Waals surface area contributed by atoms with E-state index in [1.54, 1.807) is 0 Å². The van der Waals surface area contributed by atoms with E-state index in [9.17, 15) is 4.79 Å². The standard InChI is InChI=1S/C19H30N4O2/c1-17(22-11-13-25-14-12-22)15-19(24)23-8-4-7-21(9-10-23)16-18-5-2-3-6-20-18/h2-3,5-6,17H,4,7-16H2,1H3. The molecular weight excluding hydrogens is 316 g/mol. The highest BCUT2D eigenvalue weighted by Gasteiger charge is 2.24. The van der Waals surface area contributed by atoms with Gasteiger partial charge in [-0.2, -0.15) is 0 Å². The van der Waals surface area contributed by atoms with Crippen LogP contribution in [0.5, 0.6) is 0 Å². The number of ether oxygens (including phenoxy) is 1. The molecule has 1 atom stereocenters. The molecule has 1 amide bonds. The fourth-order valence-electron chi connectivity index (χ4n) is 3.63. The fourth-order valence-corrected chi connectivity index (χ4v) is 3.63. The van der Waals surface area contributed by atoms with E-state index in [1.807, 2.05) is 18.3 Å². The molecule has 0 spiro atoms. The number of carbonyl (C=O) groups excluding carboxylic acids is 1. The van der Waals surface area contributed by atoms with Crippen LogP contribution in [0.2, 0.25) is 0 Å². The van der Waals surface area contributed by atoms with E-state index < -0.39 is 0 Å². The lowest BCUT2D eigenvalue weighted by Gasteiger charge is -2.33. The van der Waals surface area contributed by atoms with Gasteiger partial charge < -0.3 is 9.64 Å². The zero-order valence-corrected chi connectivity index (χ0v) is 15.3. The van der Waals surface area contributed by atoms with Crippen LogP contribution >= 0.6 is 0 Å². The van der Waals surface area contributed by atoms with Crippen LogP contribution in [0, 0.1) is 0 Å². The zero-order chi connectivity index (χ0) is 17.5. The molecule has 1 aromatic rings. The predicted octanol–water partition coefficient (Wildman–Crippen LogP) is 1.23. The third kappa shape index (κ3) is 5.49. The van der Waals surface area contributed by atoms with Gasteiger partial charge in [0.05, 0.1) is 18.9 Å². The molecule has 2 aliphatic heterocycles. The largest absolute Gasteiger partial charge is 0.379 e. The van der Waals surface area contributed by atoms with Crippen molar-refractivity contribution >= 4 is 5.91 Å². The molecule has 1 aromatic heterocycles. The van der Waals surface area contributed by atoms with E-state index >= 15 is 0 Å². The van der Waals surface area contributed by atoms with E-state index in [4.69, 9.17) is 4.74 Å². The Morgan fingerprint density at radius 2 is 2.00 bits per heavy atom. The molecule has 0 bridgehead atoms. The molecule has 0 N–H and O–H groups in total. The molecule has 0 radical (unpaired) electrons. The lowest BCUT2D eigenvalue weighted by Crippen LogP contribution is -2.45. The summed E-state index contributed by atoms with van der Waals surface area (Å²) >= 11 is 0. The van der Waals surface area contributed by atoms with Gasteiger partial charge in [-0.1, -0.05) is 6.07 Å². The highest BCUT2D eigenvalue weighted by atomic mass is 16.5. The van der Waals surface area contributed by atoms with Crippen molar-refractivity contribution in [1.29, 1.82) is 0 Å². The first-order chi connectivity index (χ1) is 12.2. The van der Waals surface area contributed by atoms with E-state index in [1.165, 1.54) is 0 Å². The molecule has 2 fully saturated rings. The lowest BCUT2D eigenvalue weighted by molar-refractivity contribution is -0.132. The highest BCUT2D eigenvalue weighted by Crippen LogP contribution is 2.12. The topological polar surface area (TPSA) is 48.9 Å². The first-order valence-electron chi connectivity index (χ1n) is 9.44. The van der Waals surface area contributed by atoms with Gasteiger partial charge in [-0.15, -0.1) is 0 Å². The summed E-state index contributed by atoms with van der Waals surface area (Å²) in [6, 6.07) is 6.34. The normalized spacial score (nSPS) is 21.7. The van der Waals surface area contributed by atoms with E-state index in [0.29, 0.717) is 18.4 Å². The molecule has 0 aromatic carbocycles. The van der Waals surface area contributed by atoms with Crippen molar-refractivity contribution in [3.05, 3.63) is 30.1 Å². The summed E-state index contributed by atoms with van der Waals surface area (Å²) in [5.74, 6) is 0.290. The third-order valence-corrected chi connectivity index (χ3v) is 5.19. The van der Waals surface area contributed by atoms with Gasteiger partial charge in [-0.05, 0) is 25.5 Å². The second kappa shape index (κ2) is 9.27. The first kappa shape index (κ1) is 18.3. The van der Waals surface area contributed by atoms with E-state index in [0.717, 1.165) is 71.1 Å². The van der Waals surface area contributed by atoms with Crippen molar-refractivity contribution in [3.8, 4) is 0 Å². The summed E-state index contributed by atoms with van der Waals surface area (Å²) in [5.41, 5.74) is 1.10. The van der Waals surface area contributed by atoms with Crippen LogP contribution < -0.4 is 0 Å². The number of amides is 1. The van der Waals surface area contributed by atoms with Crippen LogP contribution in [0.15, 0.2) is 24.4 Å². The summed E-state index contributed by atoms with van der Waals surface area (Å²) < 4.78 is 5.40. The van der Waals surface area contributed by atoms with Crippen LogP contribution in [0.3, 0.4) is 0 Å². The van der Waals surface area contributed by atoms with Gasteiger partial charge in [0.1, 0.15) is 0 Å². The number of hydrogen-bond acceptors (Lipinski definition) is 5. The Bertz CT molecular complexity index is 533. The van der Waals surface area contributed by atoms with Gasteiger partial charge in [-0.3, -0.25) is 19.6 Å². The molecule has 3 heterocycles. The van der Waals surface area contributed by atoms with Crippen LogP contribution in [0.25, 0.3) is 0 Å². The molecule has 0 aliphatic carbocycles. The van der Waals surface area contributed by atoms with Gasteiger partial charge in [0.2, 0.25) is 5.91 Å². The van der Waals surface area contributed by atoms with Gasteiger partial charge in [0, 0.05) is 64.5 Å². The molecule has 1 unspecified atom stereocenters. The SMILES string of the molecule is CC(CC(=O)N1CCCN(Cc2ccccn2)CC1)N1CCOCC1. The zero-order valence-electron chi connectivity index (χ0n) is 15.3. The average molecular weight is 346 g/mol. The predicted molar refractivity (Wildman–Crippen MR) is 97.2 cm³/mol. The molecule has 2 aliphatic rings. The number of morpholine rings is 1. The van der Waals surface area contributed by atoms with Gasteiger partial charge in [-0.25, -0.2) is 0 Å².